The molecule has 134 valence electrons. The smallest absolute Gasteiger partial charge is 0.313 e. The topological polar surface area (TPSA) is 87.3 Å². The highest BCUT2D eigenvalue weighted by atomic mass is 16.2. The molecule has 6 heteroatoms. The van der Waals surface area contributed by atoms with Crippen LogP contribution in [0.25, 0.3) is 0 Å². The van der Waals surface area contributed by atoms with E-state index in [4.69, 9.17) is 0 Å². The zero-order valence-corrected chi connectivity index (χ0v) is 14.5. The summed E-state index contributed by atoms with van der Waals surface area (Å²) >= 11 is 0. The van der Waals surface area contributed by atoms with Gasteiger partial charge in [0.2, 0.25) is 0 Å². The molecule has 0 aliphatic carbocycles. The van der Waals surface area contributed by atoms with Gasteiger partial charge in [0.05, 0.1) is 17.3 Å². The first-order valence-electron chi connectivity index (χ1n) is 8.18. The van der Waals surface area contributed by atoms with Gasteiger partial charge in [-0.2, -0.15) is 0 Å². The lowest BCUT2D eigenvalue weighted by Gasteiger charge is -2.15. The number of benzene rings is 2. The van der Waals surface area contributed by atoms with Crippen molar-refractivity contribution in [2.45, 2.75) is 13.0 Å². The van der Waals surface area contributed by atoms with Gasteiger partial charge in [-0.15, -0.1) is 6.58 Å². The second-order valence-corrected chi connectivity index (χ2v) is 5.60. The Morgan fingerprint density at radius 1 is 1.00 bits per heavy atom. The average Bonchev–Trinajstić information content (AvgIpc) is 2.67. The molecule has 0 saturated heterocycles. The number of anilines is 1. The van der Waals surface area contributed by atoms with Crippen LogP contribution in [0.3, 0.4) is 0 Å². The Balaban J connectivity index is 2.04. The van der Waals surface area contributed by atoms with Crippen molar-refractivity contribution in [2.24, 2.45) is 0 Å². The Morgan fingerprint density at radius 2 is 1.65 bits per heavy atom. The summed E-state index contributed by atoms with van der Waals surface area (Å²) in [4.78, 5) is 36.5. The Hall–Kier alpha value is -3.41. The maximum atomic E-state index is 12.2. The number of amides is 3. The van der Waals surface area contributed by atoms with E-state index in [1.165, 1.54) is 0 Å². The molecule has 3 amide bonds. The highest BCUT2D eigenvalue weighted by Crippen LogP contribution is 2.15. The quantitative estimate of drug-likeness (QED) is 0.552. The molecule has 3 N–H and O–H groups in total. The van der Waals surface area contributed by atoms with E-state index in [1.807, 2.05) is 30.3 Å². The van der Waals surface area contributed by atoms with Gasteiger partial charge in [0.1, 0.15) is 0 Å². The normalized spacial score (nSPS) is 11.1. The Bertz CT molecular complexity index is 803. The predicted octanol–water partition coefficient (Wildman–Crippen LogP) is 2.42. The van der Waals surface area contributed by atoms with Crippen LogP contribution in [0.2, 0.25) is 0 Å². The number of nitrogens with one attached hydrogen (secondary N) is 3. The van der Waals surface area contributed by atoms with Gasteiger partial charge in [-0.1, -0.05) is 48.5 Å². The Morgan fingerprint density at radius 3 is 2.35 bits per heavy atom. The largest absolute Gasteiger partial charge is 0.349 e. The van der Waals surface area contributed by atoms with Crippen molar-refractivity contribution in [1.82, 2.24) is 10.6 Å². The van der Waals surface area contributed by atoms with Gasteiger partial charge in [-0.3, -0.25) is 14.4 Å². The monoisotopic (exact) mass is 351 g/mol. The highest BCUT2D eigenvalue weighted by molar-refractivity contribution is 6.40. The minimum atomic E-state index is -0.836. The van der Waals surface area contributed by atoms with Crippen LogP contribution in [0.5, 0.6) is 0 Å². The second kappa shape index (κ2) is 9.17. The van der Waals surface area contributed by atoms with Crippen LogP contribution in [0.4, 0.5) is 5.69 Å². The Kier molecular flexibility index (Phi) is 6.68. The fourth-order valence-corrected chi connectivity index (χ4v) is 2.32. The summed E-state index contributed by atoms with van der Waals surface area (Å²) < 4.78 is 0. The summed E-state index contributed by atoms with van der Waals surface area (Å²) in [5.74, 6) is -1.97. The Labute approximate surface area is 152 Å². The van der Waals surface area contributed by atoms with Crippen LogP contribution in [0.1, 0.15) is 28.9 Å². The van der Waals surface area contributed by atoms with Crippen LogP contribution in [0.15, 0.2) is 67.3 Å². The van der Waals surface area contributed by atoms with Crippen molar-refractivity contribution < 1.29 is 14.4 Å². The van der Waals surface area contributed by atoms with E-state index in [0.29, 0.717) is 6.54 Å². The molecule has 0 unspecified atom stereocenters. The molecular weight excluding hydrogens is 330 g/mol. The van der Waals surface area contributed by atoms with Crippen molar-refractivity contribution in [3.05, 3.63) is 78.4 Å². The van der Waals surface area contributed by atoms with E-state index in [9.17, 15) is 14.4 Å². The molecule has 0 aliphatic rings. The van der Waals surface area contributed by atoms with E-state index >= 15 is 0 Å². The third-order valence-corrected chi connectivity index (χ3v) is 3.68. The minimum absolute atomic E-state index is 0.265. The van der Waals surface area contributed by atoms with Gasteiger partial charge in [0.15, 0.2) is 0 Å². The van der Waals surface area contributed by atoms with E-state index in [1.54, 1.807) is 37.3 Å². The molecule has 0 spiro atoms. The molecule has 0 saturated carbocycles. The molecule has 1 atom stereocenters. The molecule has 2 rings (SSSR count). The van der Waals surface area contributed by atoms with Crippen molar-refractivity contribution in [1.29, 1.82) is 0 Å². The third-order valence-electron chi connectivity index (χ3n) is 3.68. The number of carbonyl (C=O) groups excluding carboxylic acids is 3. The van der Waals surface area contributed by atoms with Crippen molar-refractivity contribution in [3.8, 4) is 0 Å². The first kappa shape index (κ1) is 18.9. The molecule has 0 aliphatic heterocycles. The van der Waals surface area contributed by atoms with Crippen LogP contribution in [-0.4, -0.2) is 24.3 Å². The zero-order chi connectivity index (χ0) is 18.9. The van der Waals surface area contributed by atoms with Crippen LogP contribution < -0.4 is 16.0 Å². The summed E-state index contributed by atoms with van der Waals surface area (Å²) in [5, 5.41) is 7.76. The number of para-hydroxylation sites is 1. The molecule has 2 aromatic rings. The third kappa shape index (κ3) is 5.04. The van der Waals surface area contributed by atoms with Gasteiger partial charge in [-0.25, -0.2) is 0 Å². The van der Waals surface area contributed by atoms with Crippen LogP contribution in [-0.2, 0) is 9.59 Å². The number of carbonyl (C=O) groups is 3. The molecule has 6 nitrogen and oxygen atoms in total. The van der Waals surface area contributed by atoms with E-state index in [2.05, 4.69) is 22.5 Å². The lowest BCUT2D eigenvalue weighted by atomic mass is 10.1. The standard InChI is InChI=1S/C20H21N3O3/c1-3-13-21-18(24)16-11-7-8-12-17(16)23-20(26)19(25)22-14(2)15-9-5-4-6-10-15/h3-12,14H,1,13H2,2H3,(H,21,24)(H,22,25)(H,23,26)/t14-/m1/s1. The maximum absolute atomic E-state index is 12.2. The van der Waals surface area contributed by atoms with Gasteiger partial charge < -0.3 is 16.0 Å². The fourth-order valence-electron chi connectivity index (χ4n) is 2.32. The van der Waals surface area contributed by atoms with Gasteiger partial charge >= 0.3 is 11.8 Å². The first-order chi connectivity index (χ1) is 12.5. The zero-order valence-electron chi connectivity index (χ0n) is 14.5. The highest BCUT2D eigenvalue weighted by Gasteiger charge is 2.19. The average molecular weight is 351 g/mol. The maximum Gasteiger partial charge on any atom is 0.313 e. The van der Waals surface area contributed by atoms with E-state index < -0.39 is 11.8 Å². The fraction of sp³-hybridized carbons (Fsp3) is 0.150. The van der Waals surface area contributed by atoms with Gasteiger partial charge in [0.25, 0.3) is 5.91 Å². The molecule has 0 bridgehead atoms. The number of rotatable bonds is 6. The van der Waals surface area contributed by atoms with E-state index in [-0.39, 0.29) is 23.2 Å². The molecule has 0 fully saturated rings. The molecule has 26 heavy (non-hydrogen) atoms. The first-order valence-corrected chi connectivity index (χ1v) is 8.18. The summed E-state index contributed by atoms with van der Waals surface area (Å²) in [5.41, 5.74) is 1.42. The molecule has 0 heterocycles. The summed E-state index contributed by atoms with van der Waals surface area (Å²) in [6.45, 7) is 5.63. The summed E-state index contributed by atoms with van der Waals surface area (Å²) in [6.07, 6.45) is 1.55. The van der Waals surface area contributed by atoms with E-state index in [0.717, 1.165) is 5.56 Å². The lowest BCUT2D eigenvalue weighted by molar-refractivity contribution is -0.136. The van der Waals surface area contributed by atoms with Gasteiger partial charge in [-0.05, 0) is 24.6 Å². The van der Waals surface area contributed by atoms with Gasteiger partial charge in [0, 0.05) is 6.54 Å². The molecule has 2 aromatic carbocycles. The predicted molar refractivity (Wildman–Crippen MR) is 101 cm³/mol. The van der Waals surface area contributed by atoms with Crippen molar-refractivity contribution >= 4 is 23.4 Å². The lowest BCUT2D eigenvalue weighted by Crippen LogP contribution is -2.37. The SMILES string of the molecule is C=CCNC(=O)c1ccccc1NC(=O)C(=O)N[C@H](C)c1ccccc1. The van der Waals surface area contributed by atoms with Crippen molar-refractivity contribution in [2.75, 3.05) is 11.9 Å². The number of hydrogen-bond donors (Lipinski definition) is 3. The second-order valence-electron chi connectivity index (χ2n) is 5.60. The van der Waals surface area contributed by atoms with Crippen LogP contribution in [0, 0.1) is 0 Å². The summed E-state index contributed by atoms with van der Waals surface area (Å²) in [6, 6.07) is 15.5. The molecular formula is C20H21N3O3. The molecule has 0 radical (unpaired) electrons. The summed E-state index contributed by atoms with van der Waals surface area (Å²) in [7, 11) is 0. The van der Waals surface area contributed by atoms with Crippen LogP contribution >= 0.6 is 0 Å². The minimum Gasteiger partial charge on any atom is -0.349 e. The van der Waals surface area contributed by atoms with Crippen molar-refractivity contribution in [3.63, 3.8) is 0 Å². The molecule has 0 aromatic heterocycles. The number of hydrogen-bond acceptors (Lipinski definition) is 3.